The van der Waals surface area contributed by atoms with Gasteiger partial charge in [-0.3, -0.25) is 4.55 Å². The van der Waals surface area contributed by atoms with E-state index in [-0.39, 0.29) is 23.5 Å². The second-order valence-electron chi connectivity index (χ2n) is 4.66. The quantitative estimate of drug-likeness (QED) is 0.499. The lowest BCUT2D eigenvalue weighted by molar-refractivity contribution is 0.408. The van der Waals surface area contributed by atoms with Gasteiger partial charge in [-0.1, -0.05) is 18.2 Å². The monoisotopic (exact) mass is 319 g/mol. The fourth-order valence-corrected chi connectivity index (χ4v) is 2.75. The summed E-state index contributed by atoms with van der Waals surface area (Å²) in [6.45, 7) is 0. The molecule has 0 radical (unpaired) electrons. The van der Waals surface area contributed by atoms with Gasteiger partial charge in [-0.2, -0.15) is 21.0 Å². The van der Waals surface area contributed by atoms with Crippen LogP contribution in [0.25, 0.3) is 0 Å². The first-order valence-electron chi connectivity index (χ1n) is 6.34. The van der Waals surface area contributed by atoms with Gasteiger partial charge in [0.15, 0.2) is 0 Å². The number of para-hydroxylation sites is 1. The zero-order valence-electron chi connectivity index (χ0n) is 11.4. The third-order valence-corrected chi connectivity index (χ3v) is 4.50. The van der Waals surface area contributed by atoms with E-state index in [2.05, 4.69) is 12.6 Å². The first-order chi connectivity index (χ1) is 9.33. The van der Waals surface area contributed by atoms with Gasteiger partial charge < -0.3 is 10.5 Å². The standard InChI is InChI=1S/C13H21NO4S2/c1-18-12-5-3-2-4-10(12)6-7-13(19)11(14)8-9-20(15,16)17/h2-5,11,13,19H,6-9,14H2,1H3,(H,15,16,17). The predicted molar refractivity (Wildman–Crippen MR) is 83.1 cm³/mol. The molecule has 2 unspecified atom stereocenters. The number of thiol groups is 1. The smallest absolute Gasteiger partial charge is 0.264 e. The second kappa shape index (κ2) is 7.87. The summed E-state index contributed by atoms with van der Waals surface area (Å²) in [6.07, 6.45) is 1.65. The van der Waals surface area contributed by atoms with Crippen molar-refractivity contribution in [1.82, 2.24) is 0 Å². The zero-order chi connectivity index (χ0) is 15.2. The molecule has 114 valence electrons. The zero-order valence-corrected chi connectivity index (χ0v) is 13.1. The molecule has 7 heteroatoms. The largest absolute Gasteiger partial charge is 0.496 e. The summed E-state index contributed by atoms with van der Waals surface area (Å²) < 4.78 is 35.3. The molecule has 0 aromatic heterocycles. The third kappa shape index (κ3) is 6.13. The van der Waals surface area contributed by atoms with Crippen LogP contribution in [0.3, 0.4) is 0 Å². The van der Waals surface area contributed by atoms with Crippen LogP contribution in [0.15, 0.2) is 24.3 Å². The minimum Gasteiger partial charge on any atom is -0.496 e. The van der Waals surface area contributed by atoms with Crippen molar-refractivity contribution in [2.24, 2.45) is 5.73 Å². The number of methoxy groups -OCH3 is 1. The van der Waals surface area contributed by atoms with Gasteiger partial charge in [0.25, 0.3) is 10.1 Å². The molecule has 0 spiro atoms. The lowest BCUT2D eigenvalue weighted by atomic mass is 10.0. The van der Waals surface area contributed by atoms with Crippen LogP contribution in [0, 0.1) is 0 Å². The summed E-state index contributed by atoms with van der Waals surface area (Å²) in [4.78, 5) is 0. The van der Waals surface area contributed by atoms with Crippen LogP contribution in [0.2, 0.25) is 0 Å². The molecule has 0 saturated carbocycles. The van der Waals surface area contributed by atoms with Crippen molar-refractivity contribution < 1.29 is 17.7 Å². The van der Waals surface area contributed by atoms with Gasteiger partial charge in [-0.25, -0.2) is 0 Å². The molecule has 0 bridgehead atoms. The summed E-state index contributed by atoms with van der Waals surface area (Å²) in [5.74, 6) is 0.486. The van der Waals surface area contributed by atoms with E-state index >= 15 is 0 Å². The maximum Gasteiger partial charge on any atom is 0.264 e. The summed E-state index contributed by atoms with van der Waals surface area (Å²) in [7, 11) is -2.34. The number of benzene rings is 1. The van der Waals surface area contributed by atoms with Gasteiger partial charge in [0.2, 0.25) is 0 Å². The minimum atomic E-state index is -3.96. The Morgan fingerprint density at radius 3 is 2.60 bits per heavy atom. The van der Waals surface area contributed by atoms with E-state index in [0.717, 1.165) is 17.7 Å². The fourth-order valence-electron chi connectivity index (χ4n) is 1.90. The van der Waals surface area contributed by atoms with Crippen molar-refractivity contribution in [3.05, 3.63) is 29.8 Å². The molecule has 1 aromatic rings. The molecule has 20 heavy (non-hydrogen) atoms. The van der Waals surface area contributed by atoms with E-state index in [1.54, 1.807) is 7.11 Å². The molecule has 0 aliphatic rings. The third-order valence-electron chi connectivity index (χ3n) is 3.11. The lowest BCUT2D eigenvalue weighted by Crippen LogP contribution is -2.33. The van der Waals surface area contributed by atoms with Gasteiger partial charge >= 0.3 is 0 Å². The van der Waals surface area contributed by atoms with E-state index in [1.807, 2.05) is 24.3 Å². The number of nitrogens with two attached hydrogens (primary N) is 1. The normalized spacial score (nSPS) is 14.8. The van der Waals surface area contributed by atoms with E-state index in [4.69, 9.17) is 15.0 Å². The van der Waals surface area contributed by atoms with Gasteiger partial charge in [0.05, 0.1) is 12.9 Å². The SMILES string of the molecule is COc1ccccc1CCC(S)C(N)CCS(=O)(=O)O. The first kappa shape index (κ1) is 17.3. The van der Waals surface area contributed by atoms with E-state index < -0.39 is 10.1 Å². The Balaban J connectivity index is 2.48. The molecule has 1 rings (SSSR count). The lowest BCUT2D eigenvalue weighted by Gasteiger charge is -2.19. The molecule has 0 saturated heterocycles. The summed E-state index contributed by atoms with van der Waals surface area (Å²) in [6, 6.07) is 7.32. The number of hydrogen-bond donors (Lipinski definition) is 3. The number of rotatable bonds is 8. The molecule has 0 heterocycles. The number of ether oxygens (including phenoxy) is 1. The maximum atomic E-state index is 10.7. The van der Waals surface area contributed by atoms with Crippen LogP contribution in [0.5, 0.6) is 5.75 Å². The highest BCUT2D eigenvalue weighted by Gasteiger charge is 2.17. The molecule has 0 fully saturated rings. The van der Waals surface area contributed by atoms with Crippen molar-refractivity contribution in [3.8, 4) is 5.75 Å². The molecule has 0 aliphatic carbocycles. The van der Waals surface area contributed by atoms with Crippen molar-refractivity contribution in [2.45, 2.75) is 30.6 Å². The van der Waals surface area contributed by atoms with Gasteiger partial charge in [0, 0.05) is 11.3 Å². The molecule has 0 aliphatic heterocycles. The van der Waals surface area contributed by atoms with E-state index in [1.165, 1.54) is 0 Å². The summed E-state index contributed by atoms with van der Waals surface area (Å²) >= 11 is 4.41. The van der Waals surface area contributed by atoms with Crippen LogP contribution in [-0.2, 0) is 16.5 Å². The van der Waals surface area contributed by atoms with Crippen LogP contribution >= 0.6 is 12.6 Å². The van der Waals surface area contributed by atoms with Crippen LogP contribution in [-0.4, -0.2) is 37.1 Å². The van der Waals surface area contributed by atoms with E-state index in [9.17, 15) is 8.42 Å². The molecule has 2 atom stereocenters. The average molecular weight is 319 g/mol. The Morgan fingerprint density at radius 1 is 1.35 bits per heavy atom. The molecule has 1 aromatic carbocycles. The Kier molecular flexibility index (Phi) is 6.81. The maximum absolute atomic E-state index is 10.7. The van der Waals surface area contributed by atoms with Gasteiger partial charge in [0.1, 0.15) is 5.75 Å². The minimum absolute atomic E-state index is 0.137. The molecule has 0 amide bonds. The Bertz CT molecular complexity index is 519. The molecule has 5 nitrogen and oxygen atoms in total. The van der Waals surface area contributed by atoms with Gasteiger partial charge in [-0.15, -0.1) is 0 Å². The van der Waals surface area contributed by atoms with Crippen LogP contribution in [0.4, 0.5) is 0 Å². The summed E-state index contributed by atoms with van der Waals surface area (Å²) in [5, 5.41) is -0.137. The van der Waals surface area contributed by atoms with Crippen molar-refractivity contribution in [1.29, 1.82) is 0 Å². The Morgan fingerprint density at radius 2 is 2.00 bits per heavy atom. The van der Waals surface area contributed by atoms with Crippen LogP contribution in [0.1, 0.15) is 18.4 Å². The second-order valence-corrected chi connectivity index (χ2v) is 6.89. The molecule has 3 N–H and O–H groups in total. The summed E-state index contributed by atoms with van der Waals surface area (Å²) in [5.41, 5.74) is 6.94. The molecular weight excluding hydrogens is 298 g/mol. The van der Waals surface area contributed by atoms with E-state index in [0.29, 0.717) is 6.42 Å². The van der Waals surface area contributed by atoms with Crippen molar-refractivity contribution in [3.63, 3.8) is 0 Å². The number of aryl methyl sites for hydroxylation is 1. The van der Waals surface area contributed by atoms with Crippen molar-refractivity contribution >= 4 is 22.7 Å². The first-order valence-corrected chi connectivity index (χ1v) is 8.46. The van der Waals surface area contributed by atoms with Crippen LogP contribution < -0.4 is 10.5 Å². The highest BCUT2D eigenvalue weighted by atomic mass is 32.2. The van der Waals surface area contributed by atoms with Crippen molar-refractivity contribution in [2.75, 3.05) is 12.9 Å². The average Bonchev–Trinajstić information content (AvgIpc) is 2.41. The highest BCUT2D eigenvalue weighted by Crippen LogP contribution is 2.21. The predicted octanol–water partition coefficient (Wildman–Crippen LogP) is 1.53. The topological polar surface area (TPSA) is 89.6 Å². The number of hydrogen-bond acceptors (Lipinski definition) is 5. The fraction of sp³-hybridized carbons (Fsp3) is 0.538. The Labute approximate surface area is 125 Å². The van der Waals surface area contributed by atoms with Gasteiger partial charge in [-0.05, 0) is 30.9 Å². The highest BCUT2D eigenvalue weighted by molar-refractivity contribution is 7.85. The molecular formula is C13H21NO4S2. The Hall–Kier alpha value is -0.760.